The molecule has 0 aromatic heterocycles. The maximum atomic E-state index is 12.0. The molecular formula is C45H73NO15. The third kappa shape index (κ3) is 7.42. The molecule has 0 aromatic carbocycles. The van der Waals surface area contributed by atoms with E-state index in [2.05, 4.69) is 39.1 Å². The minimum atomic E-state index is -1.70. The summed E-state index contributed by atoms with van der Waals surface area (Å²) in [5.74, 6) is 3.43. The second-order valence-corrected chi connectivity index (χ2v) is 21.2. The van der Waals surface area contributed by atoms with Crippen LogP contribution in [-0.2, 0) is 33.2 Å². The highest BCUT2D eigenvalue weighted by molar-refractivity contribution is 5.26. The van der Waals surface area contributed by atoms with Crippen LogP contribution >= 0.6 is 0 Å². The number of aliphatic hydroxyl groups excluding tert-OH is 8. The lowest BCUT2D eigenvalue weighted by molar-refractivity contribution is -0.388. The lowest BCUT2D eigenvalue weighted by atomic mass is 9.47. The number of hydrogen-bond donors (Lipinski definition) is 9. The Morgan fingerprint density at radius 1 is 0.705 bits per heavy atom. The molecule has 5 saturated heterocycles. The zero-order valence-electron chi connectivity index (χ0n) is 36.6. The molecule has 1 spiro atoms. The third-order valence-corrected chi connectivity index (χ3v) is 17.9. The van der Waals surface area contributed by atoms with E-state index in [0.717, 1.165) is 32.2 Å². The Bertz CT molecular complexity index is 1600. The van der Waals surface area contributed by atoms with Crippen LogP contribution < -0.4 is 5.32 Å². The van der Waals surface area contributed by atoms with Gasteiger partial charge in [0.25, 0.3) is 0 Å². The second-order valence-electron chi connectivity index (χ2n) is 21.2. The lowest BCUT2D eigenvalue weighted by Crippen LogP contribution is -2.66. The SMILES string of the molecule is CC1OC(OC2C(CO)OC(OC3CCC4(C)C(=CCC5C4CCC4(C)C5CC5OC6(CC[C@@H](C)CN6)[C@@H](C)C54)C3)C(OC3OC(C)C(O)C(O)C3O)C2O)C(O)C(O)C1O. The van der Waals surface area contributed by atoms with Crippen LogP contribution in [0.2, 0.25) is 0 Å². The van der Waals surface area contributed by atoms with Crippen molar-refractivity contribution in [3.63, 3.8) is 0 Å². The summed E-state index contributed by atoms with van der Waals surface area (Å²) in [5, 5.41) is 89.8. The number of aliphatic hydroxyl groups is 8. The number of nitrogens with one attached hydrogen (secondary N) is 1. The van der Waals surface area contributed by atoms with E-state index in [1.807, 2.05) is 0 Å². The fourth-order valence-electron chi connectivity index (χ4n) is 14.2. The summed E-state index contributed by atoms with van der Waals surface area (Å²) in [6.07, 6.45) is -9.93. The number of piperidine rings is 1. The maximum absolute atomic E-state index is 12.0. The average molecular weight is 868 g/mol. The van der Waals surface area contributed by atoms with Crippen LogP contribution in [0.5, 0.6) is 0 Å². The molecule has 26 atom stereocenters. The molecule has 348 valence electrons. The summed E-state index contributed by atoms with van der Waals surface area (Å²) < 4.78 is 43.7. The molecule has 16 nitrogen and oxygen atoms in total. The standard InChI is InChI=1S/C45H73NO15/c1-19-9-14-45(46-17-19)20(2)30-28(61-45)16-27-25-8-7-23-15-24(10-12-43(23,5)26(25)11-13-44(27,30)6)57-42-39(60-41-36(53)34(51)32(49)22(4)56-41)37(54)38(29(18-47)58-42)59-40-35(52)33(50)31(48)21(3)55-40/h7,19-22,24-42,46-54H,8-18H2,1-6H3/t19-,20+,21?,22?,24?,25?,26?,27?,28?,29?,30?,31?,32?,33?,34?,35?,36?,37?,38?,39?,40?,41?,42?,43?,44?,45?/m1/s1. The number of fused-ring (bicyclic) bond motifs is 7. The Labute approximate surface area is 359 Å². The first-order valence-corrected chi connectivity index (χ1v) is 23.3. The Balaban J connectivity index is 0.916. The van der Waals surface area contributed by atoms with Crippen molar-refractivity contribution in [3.8, 4) is 0 Å². The molecule has 9 aliphatic rings. The van der Waals surface area contributed by atoms with Crippen molar-refractivity contribution in [2.45, 2.75) is 209 Å². The first-order valence-electron chi connectivity index (χ1n) is 23.3. The molecule has 8 fully saturated rings. The molecule has 0 aromatic rings. The molecule has 4 aliphatic carbocycles. The molecule has 61 heavy (non-hydrogen) atoms. The molecule has 3 saturated carbocycles. The van der Waals surface area contributed by atoms with Crippen LogP contribution in [0.25, 0.3) is 0 Å². The molecule has 0 bridgehead atoms. The Morgan fingerprint density at radius 2 is 1.36 bits per heavy atom. The van der Waals surface area contributed by atoms with Crippen molar-refractivity contribution in [3.05, 3.63) is 11.6 Å². The van der Waals surface area contributed by atoms with Crippen LogP contribution in [-0.4, -0.2) is 164 Å². The highest BCUT2D eigenvalue weighted by Crippen LogP contribution is 2.70. The number of rotatable bonds is 7. The predicted molar refractivity (Wildman–Crippen MR) is 215 cm³/mol. The largest absolute Gasteiger partial charge is 0.394 e. The summed E-state index contributed by atoms with van der Waals surface area (Å²) in [7, 11) is 0. The van der Waals surface area contributed by atoms with Gasteiger partial charge in [0.05, 0.1) is 31.0 Å². The van der Waals surface area contributed by atoms with Gasteiger partial charge >= 0.3 is 0 Å². The predicted octanol–water partition coefficient (Wildman–Crippen LogP) is 0.815. The zero-order chi connectivity index (χ0) is 43.5. The fraction of sp³-hybridized carbons (Fsp3) is 0.956. The van der Waals surface area contributed by atoms with E-state index in [4.69, 9.17) is 33.2 Å². The smallest absolute Gasteiger partial charge is 0.187 e. The van der Waals surface area contributed by atoms with Crippen molar-refractivity contribution < 1.29 is 74.0 Å². The number of allylic oxidation sites excluding steroid dienone is 1. The van der Waals surface area contributed by atoms with Gasteiger partial charge in [0.15, 0.2) is 18.9 Å². The van der Waals surface area contributed by atoms with Gasteiger partial charge < -0.3 is 74.0 Å². The maximum Gasteiger partial charge on any atom is 0.187 e. The van der Waals surface area contributed by atoms with Gasteiger partial charge in [-0.05, 0) is 112 Å². The highest BCUT2D eigenvalue weighted by Gasteiger charge is 2.68. The molecule has 16 heteroatoms. The monoisotopic (exact) mass is 867 g/mol. The van der Waals surface area contributed by atoms with E-state index in [1.165, 1.54) is 38.7 Å². The zero-order valence-corrected chi connectivity index (χ0v) is 36.6. The van der Waals surface area contributed by atoms with Crippen molar-refractivity contribution in [2.75, 3.05) is 13.2 Å². The highest BCUT2D eigenvalue weighted by atomic mass is 16.8. The van der Waals surface area contributed by atoms with Crippen LogP contribution in [0.15, 0.2) is 11.6 Å². The van der Waals surface area contributed by atoms with Gasteiger partial charge in [0.2, 0.25) is 0 Å². The third-order valence-electron chi connectivity index (χ3n) is 17.9. The minimum absolute atomic E-state index is 0.00472. The first kappa shape index (κ1) is 45.3. The van der Waals surface area contributed by atoms with E-state index in [-0.39, 0.29) is 22.7 Å². The molecule has 9 N–H and O–H groups in total. The number of ether oxygens (including phenoxy) is 7. The molecule has 0 radical (unpaired) electrons. The first-order chi connectivity index (χ1) is 28.9. The number of hydrogen-bond acceptors (Lipinski definition) is 16. The van der Waals surface area contributed by atoms with Crippen LogP contribution in [0.3, 0.4) is 0 Å². The van der Waals surface area contributed by atoms with Crippen LogP contribution in [0, 0.1) is 46.3 Å². The fourth-order valence-corrected chi connectivity index (χ4v) is 14.2. The van der Waals surface area contributed by atoms with Gasteiger partial charge in [-0.15, -0.1) is 0 Å². The molecule has 0 amide bonds. The van der Waals surface area contributed by atoms with E-state index in [1.54, 1.807) is 0 Å². The van der Waals surface area contributed by atoms with Gasteiger partial charge in [-0.1, -0.05) is 39.3 Å². The van der Waals surface area contributed by atoms with Gasteiger partial charge in [-0.25, -0.2) is 0 Å². The van der Waals surface area contributed by atoms with E-state index in [9.17, 15) is 40.9 Å². The topological polar surface area (TPSA) is 238 Å². The van der Waals surface area contributed by atoms with Crippen molar-refractivity contribution in [2.24, 2.45) is 46.3 Å². The van der Waals surface area contributed by atoms with Gasteiger partial charge in [0, 0.05) is 12.5 Å². The van der Waals surface area contributed by atoms with Gasteiger partial charge in [-0.3, -0.25) is 5.32 Å². The van der Waals surface area contributed by atoms with Crippen molar-refractivity contribution >= 4 is 0 Å². The summed E-state index contributed by atoms with van der Waals surface area (Å²) in [4.78, 5) is 0. The quantitative estimate of drug-likeness (QED) is 0.161. The Hall–Kier alpha value is -0.900. The summed E-state index contributed by atoms with van der Waals surface area (Å²) >= 11 is 0. The second kappa shape index (κ2) is 16.8. The summed E-state index contributed by atoms with van der Waals surface area (Å²) in [6.45, 7) is 13.2. The van der Waals surface area contributed by atoms with Crippen molar-refractivity contribution in [1.29, 1.82) is 0 Å². The van der Waals surface area contributed by atoms with Gasteiger partial charge in [-0.2, -0.15) is 0 Å². The molecule has 9 rings (SSSR count). The van der Waals surface area contributed by atoms with Crippen LogP contribution in [0.4, 0.5) is 0 Å². The van der Waals surface area contributed by atoms with Crippen molar-refractivity contribution in [1.82, 2.24) is 5.32 Å². The molecule has 5 aliphatic heterocycles. The van der Waals surface area contributed by atoms with Crippen LogP contribution in [0.1, 0.15) is 99.3 Å². The van der Waals surface area contributed by atoms with E-state index in [0.29, 0.717) is 54.5 Å². The lowest BCUT2D eigenvalue weighted by Gasteiger charge is -2.59. The molecular weight excluding hydrogens is 794 g/mol. The van der Waals surface area contributed by atoms with E-state index < -0.39 is 98.7 Å². The normalized spacial score (nSPS) is 58.4. The Morgan fingerprint density at radius 3 is 1.98 bits per heavy atom. The molecule has 5 heterocycles. The van der Waals surface area contributed by atoms with Gasteiger partial charge in [0.1, 0.15) is 66.8 Å². The summed E-state index contributed by atoms with van der Waals surface area (Å²) in [6, 6.07) is 0. The summed E-state index contributed by atoms with van der Waals surface area (Å²) in [5.41, 5.74) is 1.41. The van der Waals surface area contributed by atoms with E-state index >= 15 is 0 Å². The Kier molecular flexibility index (Phi) is 12.4. The average Bonchev–Trinajstić information content (AvgIpc) is 3.69. The minimum Gasteiger partial charge on any atom is -0.394 e. The molecule has 24 unspecified atom stereocenters.